The van der Waals surface area contributed by atoms with Gasteiger partial charge in [0.1, 0.15) is 5.75 Å². The molecule has 1 aliphatic heterocycles. The molecule has 0 spiro atoms. The van der Waals surface area contributed by atoms with E-state index in [4.69, 9.17) is 4.74 Å². The number of hydrogen-bond acceptors (Lipinski definition) is 6. The average Bonchev–Trinajstić information content (AvgIpc) is 3.04. The number of para-hydroxylation sites is 1. The number of thiazole rings is 1. The second-order valence-electron chi connectivity index (χ2n) is 6.76. The van der Waals surface area contributed by atoms with Gasteiger partial charge in [-0.3, -0.25) is 9.80 Å². The summed E-state index contributed by atoms with van der Waals surface area (Å²) >= 11 is 1.77. The van der Waals surface area contributed by atoms with Crippen LogP contribution in [0.15, 0.2) is 30.5 Å². The third-order valence-electron chi connectivity index (χ3n) is 4.85. The Bertz CT molecular complexity index is 691. The molecule has 6 heteroatoms. The van der Waals surface area contributed by atoms with Crippen molar-refractivity contribution in [3.63, 3.8) is 0 Å². The van der Waals surface area contributed by atoms with Crippen LogP contribution in [-0.4, -0.2) is 58.8 Å². The average molecular weight is 376 g/mol. The quantitative estimate of drug-likeness (QED) is 0.769. The maximum Gasteiger partial charge on any atom is 0.123 e. The van der Waals surface area contributed by atoms with Gasteiger partial charge in [-0.25, -0.2) is 4.98 Å². The molecule has 0 saturated carbocycles. The molecule has 3 rings (SSSR count). The second-order valence-corrected chi connectivity index (χ2v) is 8.08. The van der Waals surface area contributed by atoms with Crippen molar-refractivity contribution in [3.8, 4) is 5.75 Å². The summed E-state index contributed by atoms with van der Waals surface area (Å²) in [6.07, 6.45) is 2.79. The summed E-state index contributed by atoms with van der Waals surface area (Å²) in [5.74, 6) is 0.973. The van der Waals surface area contributed by atoms with Gasteiger partial charge in [0.2, 0.25) is 0 Å². The number of piperazine rings is 1. The number of ether oxygens (including phenoxy) is 1. The minimum absolute atomic E-state index is 0.224. The van der Waals surface area contributed by atoms with Gasteiger partial charge in [-0.1, -0.05) is 18.2 Å². The Labute approximate surface area is 160 Å². The van der Waals surface area contributed by atoms with Gasteiger partial charge in [0.25, 0.3) is 0 Å². The van der Waals surface area contributed by atoms with Gasteiger partial charge in [0.05, 0.1) is 11.6 Å². The van der Waals surface area contributed by atoms with Crippen LogP contribution in [-0.2, 0) is 13.1 Å². The molecule has 142 valence electrons. The maximum absolute atomic E-state index is 9.54. The van der Waals surface area contributed by atoms with Crippen LogP contribution in [0.3, 0.4) is 0 Å². The molecule has 0 aliphatic carbocycles. The molecule has 1 aromatic carbocycles. The van der Waals surface area contributed by atoms with Crippen LogP contribution in [0.4, 0.5) is 0 Å². The first-order chi connectivity index (χ1) is 12.7. The molecular weight excluding hydrogens is 346 g/mol. The van der Waals surface area contributed by atoms with Crippen molar-refractivity contribution in [1.82, 2.24) is 14.8 Å². The first kappa shape index (κ1) is 19.3. The number of benzene rings is 1. The fraction of sp³-hybridized carbons (Fsp3) is 0.550. The van der Waals surface area contributed by atoms with E-state index >= 15 is 0 Å². The monoisotopic (exact) mass is 375 g/mol. The number of rotatable bonds is 8. The van der Waals surface area contributed by atoms with Gasteiger partial charge in [0, 0.05) is 62.0 Å². The SMILES string of the molecule is CCOc1ccccc1CN1CCN(Cc2cnc(C)s2)C[C@H]1CCO. The van der Waals surface area contributed by atoms with Crippen molar-refractivity contribution in [3.05, 3.63) is 45.9 Å². The fourth-order valence-corrected chi connectivity index (χ4v) is 4.42. The predicted molar refractivity (Wildman–Crippen MR) is 106 cm³/mol. The molecule has 1 aromatic heterocycles. The zero-order chi connectivity index (χ0) is 18.4. The summed E-state index contributed by atoms with van der Waals surface area (Å²) in [4.78, 5) is 10.7. The number of aliphatic hydroxyl groups is 1. The lowest BCUT2D eigenvalue weighted by Gasteiger charge is -2.41. The molecule has 1 N–H and O–H groups in total. The molecule has 0 bridgehead atoms. The first-order valence-electron chi connectivity index (χ1n) is 9.39. The number of nitrogens with zero attached hydrogens (tertiary/aromatic N) is 3. The molecule has 0 unspecified atom stereocenters. The molecule has 2 heterocycles. The van der Waals surface area contributed by atoms with E-state index in [1.54, 1.807) is 11.3 Å². The summed E-state index contributed by atoms with van der Waals surface area (Å²) in [5.41, 5.74) is 1.23. The Morgan fingerprint density at radius 2 is 2.12 bits per heavy atom. The van der Waals surface area contributed by atoms with Gasteiger partial charge in [-0.05, 0) is 26.3 Å². The van der Waals surface area contributed by atoms with Crippen LogP contribution in [0, 0.1) is 6.92 Å². The van der Waals surface area contributed by atoms with Crippen LogP contribution < -0.4 is 4.74 Å². The molecule has 26 heavy (non-hydrogen) atoms. The van der Waals surface area contributed by atoms with Gasteiger partial charge in [0.15, 0.2) is 0 Å². The lowest BCUT2D eigenvalue weighted by Crippen LogP contribution is -2.52. The highest BCUT2D eigenvalue weighted by molar-refractivity contribution is 7.11. The maximum atomic E-state index is 9.54. The van der Waals surface area contributed by atoms with Crippen LogP contribution >= 0.6 is 11.3 Å². The topological polar surface area (TPSA) is 48.8 Å². The van der Waals surface area contributed by atoms with Crippen LogP contribution in [0.1, 0.15) is 28.8 Å². The number of aromatic nitrogens is 1. The molecule has 5 nitrogen and oxygen atoms in total. The van der Waals surface area contributed by atoms with Crippen molar-refractivity contribution < 1.29 is 9.84 Å². The van der Waals surface area contributed by atoms with Crippen molar-refractivity contribution in [2.24, 2.45) is 0 Å². The number of hydrogen-bond donors (Lipinski definition) is 1. The minimum Gasteiger partial charge on any atom is -0.494 e. The van der Waals surface area contributed by atoms with Crippen LogP contribution in [0.25, 0.3) is 0 Å². The van der Waals surface area contributed by atoms with E-state index in [1.807, 2.05) is 25.3 Å². The number of aliphatic hydroxyl groups excluding tert-OH is 1. The van der Waals surface area contributed by atoms with E-state index in [-0.39, 0.29) is 6.61 Å². The molecule has 1 saturated heterocycles. The van der Waals surface area contributed by atoms with Gasteiger partial charge in [-0.2, -0.15) is 0 Å². The Morgan fingerprint density at radius 1 is 1.27 bits per heavy atom. The van der Waals surface area contributed by atoms with Gasteiger partial charge >= 0.3 is 0 Å². The Kier molecular flexibility index (Phi) is 7.02. The zero-order valence-corrected chi connectivity index (χ0v) is 16.5. The summed E-state index contributed by atoms with van der Waals surface area (Å²) in [5, 5.41) is 10.7. The molecule has 1 fully saturated rings. The van der Waals surface area contributed by atoms with Gasteiger partial charge < -0.3 is 9.84 Å². The Balaban J connectivity index is 1.65. The van der Waals surface area contributed by atoms with E-state index in [0.717, 1.165) is 49.9 Å². The second kappa shape index (κ2) is 9.46. The largest absolute Gasteiger partial charge is 0.494 e. The fourth-order valence-electron chi connectivity index (χ4n) is 3.58. The van der Waals surface area contributed by atoms with Crippen LogP contribution in [0.2, 0.25) is 0 Å². The molecule has 1 atom stereocenters. The first-order valence-corrected chi connectivity index (χ1v) is 10.2. The standard InChI is InChI=1S/C20H29N3O2S/c1-3-25-20-7-5-4-6-17(20)13-23-10-9-22(14-18(23)8-11-24)15-19-12-21-16(2)26-19/h4-7,12,18,24H,3,8-11,13-15H2,1-2H3/t18-/m1/s1. The van der Waals surface area contributed by atoms with E-state index in [9.17, 15) is 5.11 Å². The summed E-state index contributed by atoms with van der Waals surface area (Å²) in [6.45, 7) is 9.82. The summed E-state index contributed by atoms with van der Waals surface area (Å²) in [6, 6.07) is 8.64. The van der Waals surface area contributed by atoms with E-state index < -0.39 is 0 Å². The summed E-state index contributed by atoms with van der Waals surface area (Å²) in [7, 11) is 0. The van der Waals surface area contributed by atoms with Crippen molar-refractivity contribution in [2.75, 3.05) is 32.8 Å². The highest BCUT2D eigenvalue weighted by Crippen LogP contribution is 2.24. The highest BCUT2D eigenvalue weighted by Gasteiger charge is 2.27. The van der Waals surface area contributed by atoms with Crippen molar-refractivity contribution >= 4 is 11.3 Å². The minimum atomic E-state index is 0.224. The van der Waals surface area contributed by atoms with Crippen molar-refractivity contribution in [2.45, 2.75) is 39.4 Å². The summed E-state index contributed by atoms with van der Waals surface area (Å²) < 4.78 is 5.78. The molecule has 1 aliphatic rings. The van der Waals surface area contributed by atoms with Crippen LogP contribution in [0.5, 0.6) is 5.75 Å². The smallest absolute Gasteiger partial charge is 0.123 e. The van der Waals surface area contributed by atoms with Gasteiger partial charge in [-0.15, -0.1) is 11.3 Å². The Morgan fingerprint density at radius 3 is 2.85 bits per heavy atom. The van der Waals surface area contributed by atoms with E-state index in [1.165, 1.54) is 10.4 Å². The Hall–Kier alpha value is -1.47. The van der Waals surface area contributed by atoms with E-state index in [0.29, 0.717) is 12.6 Å². The third kappa shape index (κ3) is 5.04. The highest BCUT2D eigenvalue weighted by atomic mass is 32.1. The van der Waals surface area contributed by atoms with Crippen molar-refractivity contribution in [1.29, 1.82) is 0 Å². The molecule has 0 radical (unpaired) electrons. The third-order valence-corrected chi connectivity index (χ3v) is 5.74. The molecular formula is C20H29N3O2S. The number of aryl methyl sites for hydroxylation is 1. The lowest BCUT2D eigenvalue weighted by molar-refractivity contribution is 0.0498. The molecule has 0 amide bonds. The predicted octanol–water partition coefficient (Wildman–Crippen LogP) is 2.92. The lowest BCUT2D eigenvalue weighted by atomic mass is 10.1. The van der Waals surface area contributed by atoms with E-state index in [2.05, 4.69) is 33.8 Å². The normalized spacial score (nSPS) is 19.0. The zero-order valence-electron chi connectivity index (χ0n) is 15.7. The molecule has 2 aromatic rings.